The van der Waals surface area contributed by atoms with Crippen LogP contribution in [-0.4, -0.2) is 18.0 Å². The Hall–Kier alpha value is -2.10. The van der Waals surface area contributed by atoms with Crippen molar-refractivity contribution in [3.8, 4) is 0 Å². The molecule has 1 rings (SSSR count). The van der Waals surface area contributed by atoms with Gasteiger partial charge in [-0.05, 0) is 45.4 Å². The molecule has 1 atom stereocenters. The lowest BCUT2D eigenvalue weighted by Crippen LogP contribution is -2.29. The number of esters is 1. The monoisotopic (exact) mass is 261 g/mol. The lowest BCUT2D eigenvalue weighted by Gasteiger charge is -2.12. The molecule has 4 heteroatoms. The first-order valence-electron chi connectivity index (χ1n) is 6.11. The Bertz CT molecular complexity index is 502. The molecule has 1 aromatic carbocycles. The molecule has 19 heavy (non-hydrogen) atoms. The van der Waals surface area contributed by atoms with Crippen LogP contribution in [-0.2, 0) is 14.3 Å². The predicted octanol–water partition coefficient (Wildman–Crippen LogP) is 2.83. The molecule has 1 N–H and O–H groups in total. The van der Waals surface area contributed by atoms with E-state index in [4.69, 9.17) is 4.74 Å². The Morgan fingerprint density at radius 2 is 2.00 bits per heavy atom. The predicted molar refractivity (Wildman–Crippen MR) is 74.8 cm³/mol. The lowest BCUT2D eigenvalue weighted by atomic mass is 10.2. The summed E-state index contributed by atoms with van der Waals surface area (Å²) >= 11 is 0. The third-order valence-electron chi connectivity index (χ3n) is 2.35. The van der Waals surface area contributed by atoms with E-state index in [-0.39, 0.29) is 5.91 Å². The van der Waals surface area contributed by atoms with Crippen LogP contribution in [0.15, 0.2) is 35.9 Å². The Balaban J connectivity index is 2.58. The maximum Gasteiger partial charge on any atom is 0.331 e. The van der Waals surface area contributed by atoms with Crippen molar-refractivity contribution in [2.24, 2.45) is 0 Å². The first-order chi connectivity index (χ1) is 8.88. The molecule has 0 spiro atoms. The van der Waals surface area contributed by atoms with Crippen molar-refractivity contribution in [3.05, 3.63) is 41.5 Å². The Morgan fingerprint density at radius 1 is 1.32 bits per heavy atom. The highest BCUT2D eigenvalue weighted by atomic mass is 16.5. The third-order valence-corrected chi connectivity index (χ3v) is 2.35. The van der Waals surface area contributed by atoms with Gasteiger partial charge >= 0.3 is 5.97 Å². The molecule has 0 aliphatic heterocycles. The number of benzene rings is 1. The molecule has 0 fully saturated rings. The van der Waals surface area contributed by atoms with E-state index in [2.05, 4.69) is 5.32 Å². The van der Waals surface area contributed by atoms with Crippen LogP contribution in [0.25, 0.3) is 0 Å². The summed E-state index contributed by atoms with van der Waals surface area (Å²) in [5.74, 6) is -0.854. The molecule has 0 heterocycles. The van der Waals surface area contributed by atoms with Gasteiger partial charge in [0.2, 0.25) is 0 Å². The molecule has 0 aliphatic rings. The van der Waals surface area contributed by atoms with E-state index >= 15 is 0 Å². The van der Waals surface area contributed by atoms with Gasteiger partial charge in [0, 0.05) is 11.8 Å². The van der Waals surface area contributed by atoms with Crippen LogP contribution in [0.2, 0.25) is 0 Å². The van der Waals surface area contributed by atoms with E-state index < -0.39 is 12.1 Å². The largest absolute Gasteiger partial charge is 0.449 e. The normalized spacial score (nSPS) is 11.4. The molecule has 1 unspecified atom stereocenters. The van der Waals surface area contributed by atoms with Gasteiger partial charge < -0.3 is 10.1 Å². The maximum atomic E-state index is 11.8. The maximum absolute atomic E-state index is 11.8. The average Bonchev–Trinajstić information content (AvgIpc) is 2.27. The fourth-order valence-electron chi connectivity index (χ4n) is 1.46. The molecule has 102 valence electrons. The first kappa shape index (κ1) is 15.0. The number of ether oxygens (including phenoxy) is 1. The van der Waals surface area contributed by atoms with Gasteiger partial charge in [-0.25, -0.2) is 4.79 Å². The van der Waals surface area contributed by atoms with Crippen LogP contribution in [0, 0.1) is 6.92 Å². The smallest absolute Gasteiger partial charge is 0.331 e. The van der Waals surface area contributed by atoms with Gasteiger partial charge in [0.05, 0.1) is 0 Å². The van der Waals surface area contributed by atoms with E-state index in [1.54, 1.807) is 26.8 Å². The number of anilines is 1. The Kier molecular flexibility index (Phi) is 5.30. The second kappa shape index (κ2) is 6.73. The highest BCUT2D eigenvalue weighted by molar-refractivity contribution is 5.96. The van der Waals surface area contributed by atoms with E-state index in [0.29, 0.717) is 5.69 Å². The van der Waals surface area contributed by atoms with Crippen LogP contribution >= 0.6 is 0 Å². The SMILES string of the molecule is CC(C)=CC(=O)OC(C)C(=O)Nc1cccc(C)c1. The van der Waals surface area contributed by atoms with Gasteiger partial charge in [0.1, 0.15) is 0 Å². The summed E-state index contributed by atoms with van der Waals surface area (Å²) in [7, 11) is 0. The standard InChI is InChI=1S/C15H19NO3/c1-10(2)8-14(17)19-12(4)15(18)16-13-7-5-6-11(3)9-13/h5-9,12H,1-4H3,(H,16,18). The molecule has 0 saturated carbocycles. The zero-order valence-corrected chi connectivity index (χ0v) is 11.7. The highest BCUT2D eigenvalue weighted by Crippen LogP contribution is 2.10. The van der Waals surface area contributed by atoms with Crippen molar-refractivity contribution < 1.29 is 14.3 Å². The quantitative estimate of drug-likeness (QED) is 0.669. The minimum absolute atomic E-state index is 0.346. The summed E-state index contributed by atoms with van der Waals surface area (Å²) in [6.45, 7) is 7.06. The van der Waals surface area contributed by atoms with Crippen LogP contribution in [0.1, 0.15) is 26.3 Å². The van der Waals surface area contributed by atoms with Gasteiger partial charge in [-0.2, -0.15) is 0 Å². The van der Waals surface area contributed by atoms with Crippen molar-refractivity contribution in [1.29, 1.82) is 0 Å². The summed E-state index contributed by atoms with van der Waals surface area (Å²) in [5.41, 5.74) is 2.57. The van der Waals surface area contributed by atoms with Crippen molar-refractivity contribution in [3.63, 3.8) is 0 Å². The summed E-state index contributed by atoms with van der Waals surface area (Å²) < 4.78 is 5.00. The molecule has 0 bridgehead atoms. The summed E-state index contributed by atoms with van der Waals surface area (Å²) in [6, 6.07) is 7.43. The molecular weight excluding hydrogens is 242 g/mol. The Morgan fingerprint density at radius 3 is 2.58 bits per heavy atom. The van der Waals surface area contributed by atoms with Crippen molar-refractivity contribution >= 4 is 17.6 Å². The second-order valence-electron chi connectivity index (χ2n) is 4.66. The van der Waals surface area contributed by atoms with E-state index in [9.17, 15) is 9.59 Å². The topological polar surface area (TPSA) is 55.4 Å². The second-order valence-corrected chi connectivity index (χ2v) is 4.66. The van der Waals surface area contributed by atoms with Crippen molar-refractivity contribution in [1.82, 2.24) is 0 Å². The lowest BCUT2D eigenvalue weighted by molar-refractivity contribution is -0.148. The number of nitrogens with one attached hydrogen (secondary N) is 1. The molecular formula is C15H19NO3. The van der Waals surface area contributed by atoms with Crippen LogP contribution in [0.3, 0.4) is 0 Å². The van der Waals surface area contributed by atoms with Crippen LogP contribution in [0.5, 0.6) is 0 Å². The number of carbonyl (C=O) groups is 2. The molecule has 0 aromatic heterocycles. The fourth-order valence-corrected chi connectivity index (χ4v) is 1.46. The van der Waals surface area contributed by atoms with Crippen molar-refractivity contribution in [2.45, 2.75) is 33.8 Å². The van der Waals surface area contributed by atoms with Crippen LogP contribution in [0.4, 0.5) is 5.69 Å². The van der Waals surface area contributed by atoms with Crippen molar-refractivity contribution in [2.75, 3.05) is 5.32 Å². The average molecular weight is 261 g/mol. The third kappa shape index (κ3) is 5.38. The molecule has 0 saturated heterocycles. The minimum atomic E-state index is -0.830. The Labute approximate surface area is 113 Å². The number of amides is 1. The number of allylic oxidation sites excluding steroid dienone is 1. The molecule has 1 aromatic rings. The molecule has 1 amide bonds. The van der Waals surface area contributed by atoms with E-state index in [1.165, 1.54) is 6.08 Å². The fraction of sp³-hybridized carbons (Fsp3) is 0.333. The number of rotatable bonds is 4. The minimum Gasteiger partial charge on any atom is -0.449 e. The van der Waals surface area contributed by atoms with Gasteiger partial charge in [-0.3, -0.25) is 4.79 Å². The first-order valence-corrected chi connectivity index (χ1v) is 6.11. The zero-order valence-electron chi connectivity index (χ0n) is 11.7. The molecule has 4 nitrogen and oxygen atoms in total. The van der Waals surface area contributed by atoms with Gasteiger partial charge in [-0.1, -0.05) is 17.7 Å². The summed E-state index contributed by atoms with van der Waals surface area (Å²) in [4.78, 5) is 23.2. The number of carbonyl (C=O) groups excluding carboxylic acids is 2. The van der Waals surface area contributed by atoms with E-state index in [1.807, 2.05) is 25.1 Å². The summed E-state index contributed by atoms with van der Waals surface area (Å²) in [5, 5.41) is 2.70. The zero-order chi connectivity index (χ0) is 14.4. The number of aryl methyl sites for hydroxylation is 1. The molecule has 0 radical (unpaired) electrons. The van der Waals surface area contributed by atoms with Gasteiger partial charge in [0.15, 0.2) is 6.10 Å². The summed E-state index contributed by atoms with van der Waals surface area (Å²) in [6.07, 6.45) is 0.528. The number of hydrogen-bond donors (Lipinski definition) is 1. The number of hydrogen-bond acceptors (Lipinski definition) is 3. The van der Waals surface area contributed by atoms with Gasteiger partial charge in [-0.15, -0.1) is 0 Å². The van der Waals surface area contributed by atoms with Gasteiger partial charge in [0.25, 0.3) is 5.91 Å². The highest BCUT2D eigenvalue weighted by Gasteiger charge is 2.16. The molecule has 0 aliphatic carbocycles. The van der Waals surface area contributed by atoms with E-state index in [0.717, 1.165) is 11.1 Å². The van der Waals surface area contributed by atoms with Crippen LogP contribution < -0.4 is 5.32 Å².